The van der Waals surface area contributed by atoms with Crippen molar-refractivity contribution in [2.45, 2.75) is 13.0 Å². The zero-order valence-electron chi connectivity index (χ0n) is 11.1. The fourth-order valence-corrected chi connectivity index (χ4v) is 2.79. The molecular weight excluding hydrogens is 258 g/mol. The van der Waals surface area contributed by atoms with Crippen molar-refractivity contribution in [1.29, 1.82) is 0 Å². The summed E-state index contributed by atoms with van der Waals surface area (Å²) in [6, 6.07) is 5.38. The minimum absolute atomic E-state index is 0.0665. The van der Waals surface area contributed by atoms with Gasteiger partial charge in [-0.15, -0.1) is 0 Å². The van der Waals surface area contributed by atoms with Crippen LogP contribution in [0, 0.1) is 16.0 Å². The van der Waals surface area contributed by atoms with Gasteiger partial charge in [0.2, 0.25) is 5.65 Å². The molecule has 2 N–H and O–H groups in total. The van der Waals surface area contributed by atoms with Crippen molar-refractivity contribution in [1.82, 2.24) is 14.3 Å². The minimum Gasteiger partial charge on any atom is -0.358 e. The molecule has 0 amide bonds. The molecule has 2 aromatic rings. The molecule has 1 saturated heterocycles. The number of hydrogen-bond donors (Lipinski definition) is 1. The summed E-state index contributed by atoms with van der Waals surface area (Å²) < 4.78 is 1.53. The molecule has 20 heavy (non-hydrogen) atoms. The largest absolute Gasteiger partial charge is 0.358 e. The average molecular weight is 275 g/mol. The molecule has 7 nitrogen and oxygen atoms in total. The number of fused-ring (bicyclic) bond motifs is 1. The van der Waals surface area contributed by atoms with E-state index in [1.807, 2.05) is 6.07 Å². The fourth-order valence-electron chi connectivity index (χ4n) is 2.79. The van der Waals surface area contributed by atoms with Crippen LogP contribution < -0.4 is 5.73 Å². The molecule has 0 bridgehead atoms. The van der Waals surface area contributed by atoms with Gasteiger partial charge in [-0.2, -0.15) is 4.40 Å². The Kier molecular flexibility index (Phi) is 3.37. The molecule has 1 aliphatic heterocycles. The second kappa shape index (κ2) is 5.18. The van der Waals surface area contributed by atoms with E-state index in [4.69, 9.17) is 5.73 Å². The molecule has 7 heteroatoms. The average Bonchev–Trinajstić information content (AvgIpc) is 3.02. The van der Waals surface area contributed by atoms with E-state index in [1.165, 1.54) is 4.40 Å². The number of nitro groups is 1. The summed E-state index contributed by atoms with van der Waals surface area (Å²) in [7, 11) is 0. The molecule has 0 aliphatic carbocycles. The van der Waals surface area contributed by atoms with E-state index in [9.17, 15) is 10.1 Å². The fraction of sp³-hybridized carbons (Fsp3) is 0.462. The van der Waals surface area contributed by atoms with Gasteiger partial charge < -0.3 is 15.8 Å². The van der Waals surface area contributed by atoms with Crippen molar-refractivity contribution in [2.75, 3.05) is 19.6 Å². The molecule has 3 heterocycles. The molecule has 2 aromatic heterocycles. The summed E-state index contributed by atoms with van der Waals surface area (Å²) in [5.41, 5.74) is 6.82. The number of nitrogens with zero attached hydrogens (tertiary/aromatic N) is 4. The molecular formula is C13H17N5O2. The summed E-state index contributed by atoms with van der Waals surface area (Å²) in [5.74, 6) is 0.558. The van der Waals surface area contributed by atoms with Crippen LogP contribution in [-0.4, -0.2) is 38.8 Å². The van der Waals surface area contributed by atoms with Crippen molar-refractivity contribution in [2.24, 2.45) is 11.7 Å². The quantitative estimate of drug-likeness (QED) is 0.664. The van der Waals surface area contributed by atoms with Crippen molar-refractivity contribution in [3.63, 3.8) is 0 Å². The number of aromatic nitrogens is 2. The van der Waals surface area contributed by atoms with Crippen LogP contribution in [0.3, 0.4) is 0 Å². The molecule has 106 valence electrons. The molecule has 0 radical (unpaired) electrons. The lowest BCUT2D eigenvalue weighted by Crippen LogP contribution is -2.23. The summed E-state index contributed by atoms with van der Waals surface area (Å²) in [4.78, 5) is 17.5. The highest BCUT2D eigenvalue weighted by Gasteiger charge is 2.27. The minimum atomic E-state index is -0.355. The Morgan fingerprint density at radius 3 is 3.05 bits per heavy atom. The van der Waals surface area contributed by atoms with Gasteiger partial charge >= 0.3 is 5.82 Å². The molecule has 0 aromatic carbocycles. The number of rotatable bonds is 4. The van der Waals surface area contributed by atoms with Crippen LogP contribution in [0.2, 0.25) is 0 Å². The zero-order valence-corrected chi connectivity index (χ0v) is 11.1. The third-order valence-corrected chi connectivity index (χ3v) is 3.82. The summed E-state index contributed by atoms with van der Waals surface area (Å²) >= 11 is 0. The first-order valence-corrected chi connectivity index (χ1v) is 6.72. The van der Waals surface area contributed by atoms with Crippen LogP contribution in [0.5, 0.6) is 0 Å². The molecule has 1 atom stereocenters. The molecule has 1 fully saturated rings. The Morgan fingerprint density at radius 1 is 1.50 bits per heavy atom. The normalized spacial score (nSPS) is 19.8. The van der Waals surface area contributed by atoms with Gasteiger partial charge in [0.25, 0.3) is 0 Å². The maximum Gasteiger partial charge on any atom is 0.352 e. The number of nitrogens with two attached hydrogens (primary N) is 1. The van der Waals surface area contributed by atoms with Crippen molar-refractivity contribution < 1.29 is 4.92 Å². The SMILES string of the molecule is NCC1CCN(Cc2nc3ccccn3c2[N+](=O)[O-])C1. The Labute approximate surface area is 116 Å². The van der Waals surface area contributed by atoms with Crippen LogP contribution in [0.25, 0.3) is 5.65 Å². The second-order valence-corrected chi connectivity index (χ2v) is 5.19. The molecule has 0 spiro atoms. The van der Waals surface area contributed by atoms with Crippen molar-refractivity contribution in [3.8, 4) is 0 Å². The van der Waals surface area contributed by atoms with Crippen molar-refractivity contribution >= 4 is 11.5 Å². The Balaban J connectivity index is 1.91. The number of likely N-dealkylation sites (tertiary alicyclic amines) is 1. The highest BCUT2D eigenvalue weighted by molar-refractivity contribution is 5.48. The summed E-state index contributed by atoms with van der Waals surface area (Å²) in [5, 5.41) is 11.3. The maximum absolute atomic E-state index is 11.3. The summed E-state index contributed by atoms with van der Waals surface area (Å²) in [6.45, 7) is 2.99. The van der Waals surface area contributed by atoms with Crippen LogP contribution in [0.1, 0.15) is 12.1 Å². The van der Waals surface area contributed by atoms with E-state index < -0.39 is 0 Å². The summed E-state index contributed by atoms with van der Waals surface area (Å²) in [6.07, 6.45) is 2.73. The molecule has 0 saturated carbocycles. The predicted octanol–water partition coefficient (Wildman–Crippen LogP) is 1.02. The van der Waals surface area contributed by atoms with Crippen LogP contribution >= 0.6 is 0 Å². The number of pyridine rings is 1. The smallest absolute Gasteiger partial charge is 0.352 e. The van der Waals surface area contributed by atoms with E-state index in [-0.39, 0.29) is 10.7 Å². The lowest BCUT2D eigenvalue weighted by atomic mass is 10.1. The Morgan fingerprint density at radius 2 is 2.35 bits per heavy atom. The van der Waals surface area contributed by atoms with Crippen LogP contribution in [0.15, 0.2) is 24.4 Å². The van der Waals surface area contributed by atoms with Gasteiger partial charge in [-0.05, 0) is 36.4 Å². The van der Waals surface area contributed by atoms with Gasteiger partial charge in [0.1, 0.15) is 0 Å². The maximum atomic E-state index is 11.3. The first-order chi connectivity index (χ1) is 9.69. The van der Waals surface area contributed by atoms with Gasteiger partial charge in [-0.1, -0.05) is 6.07 Å². The van der Waals surface area contributed by atoms with E-state index in [0.29, 0.717) is 30.3 Å². The molecule has 1 unspecified atom stereocenters. The standard InChI is InChI=1S/C13H17N5O2/c14-7-10-4-6-16(8-10)9-11-13(18(19)20)17-5-2-1-3-12(17)15-11/h1-3,5,10H,4,6-9,14H2. The second-order valence-electron chi connectivity index (χ2n) is 5.19. The van der Waals surface area contributed by atoms with E-state index in [2.05, 4.69) is 9.88 Å². The highest BCUT2D eigenvalue weighted by Crippen LogP contribution is 2.24. The molecule has 1 aliphatic rings. The number of hydrogen-bond acceptors (Lipinski definition) is 5. The Bertz CT molecular complexity index is 639. The topological polar surface area (TPSA) is 89.7 Å². The monoisotopic (exact) mass is 275 g/mol. The van der Waals surface area contributed by atoms with E-state index in [1.54, 1.807) is 18.3 Å². The zero-order chi connectivity index (χ0) is 14.1. The highest BCUT2D eigenvalue weighted by atomic mass is 16.6. The van der Waals surface area contributed by atoms with Gasteiger partial charge in [0.05, 0.1) is 6.20 Å². The Hall–Kier alpha value is -1.99. The van der Waals surface area contributed by atoms with E-state index >= 15 is 0 Å². The third kappa shape index (κ3) is 2.25. The third-order valence-electron chi connectivity index (χ3n) is 3.82. The van der Waals surface area contributed by atoms with Gasteiger partial charge in [-0.25, -0.2) is 4.98 Å². The van der Waals surface area contributed by atoms with Crippen LogP contribution in [0.4, 0.5) is 5.82 Å². The number of imidazole rings is 1. The van der Waals surface area contributed by atoms with Gasteiger partial charge in [0.15, 0.2) is 5.69 Å². The van der Waals surface area contributed by atoms with Crippen molar-refractivity contribution in [3.05, 3.63) is 40.2 Å². The lowest BCUT2D eigenvalue weighted by Gasteiger charge is -2.13. The molecule has 3 rings (SSSR count). The van der Waals surface area contributed by atoms with Crippen LogP contribution in [-0.2, 0) is 6.54 Å². The predicted molar refractivity (Wildman–Crippen MR) is 74.3 cm³/mol. The first-order valence-electron chi connectivity index (χ1n) is 6.72. The van der Waals surface area contributed by atoms with Gasteiger partial charge in [0, 0.05) is 19.2 Å². The van der Waals surface area contributed by atoms with Gasteiger partial charge in [-0.3, -0.25) is 4.90 Å². The lowest BCUT2D eigenvalue weighted by molar-refractivity contribution is -0.391. The van der Waals surface area contributed by atoms with E-state index in [0.717, 1.165) is 19.5 Å². The first kappa shape index (κ1) is 13.0.